The summed E-state index contributed by atoms with van der Waals surface area (Å²) in [4.78, 5) is 10.0. The smallest absolute Gasteiger partial charge is 0.0881 e. The average molecular weight is 143 g/mol. The zero-order valence-corrected chi connectivity index (χ0v) is 6.46. The van der Waals surface area contributed by atoms with Crippen molar-refractivity contribution >= 4 is 5.97 Å². The predicted octanol–water partition coefficient (Wildman–Crippen LogP) is -0.654. The molecule has 0 spiro atoms. The zero-order valence-electron chi connectivity index (χ0n) is 6.46. The maximum atomic E-state index is 10.0. The fourth-order valence-electron chi connectivity index (χ4n) is 0.471. The number of carboxylic acids is 1. The van der Waals surface area contributed by atoms with Crippen molar-refractivity contribution in [2.75, 3.05) is 20.6 Å². The van der Waals surface area contributed by atoms with E-state index in [0.717, 1.165) is 0 Å². The van der Waals surface area contributed by atoms with Gasteiger partial charge in [-0.1, -0.05) is 0 Å². The third-order valence-electron chi connectivity index (χ3n) is 1.39. The van der Waals surface area contributed by atoms with Gasteiger partial charge < -0.3 is 14.4 Å². The van der Waals surface area contributed by atoms with Crippen LogP contribution >= 0.6 is 0 Å². The largest absolute Gasteiger partial charge is 0.550 e. The monoisotopic (exact) mass is 143 g/mol. The second-order valence-electron chi connectivity index (χ2n) is 2.81. The van der Waals surface area contributed by atoms with Gasteiger partial charge in [-0.2, -0.15) is 0 Å². The van der Waals surface area contributed by atoms with Crippen molar-refractivity contribution < 1.29 is 14.4 Å². The van der Waals surface area contributed by atoms with E-state index in [0.29, 0.717) is 11.0 Å². The number of aliphatic carboxylic acids is 1. The molecule has 0 aromatic rings. The van der Waals surface area contributed by atoms with Gasteiger partial charge in [0.05, 0.1) is 26.8 Å². The van der Waals surface area contributed by atoms with Crippen LogP contribution in [-0.4, -0.2) is 31.1 Å². The van der Waals surface area contributed by atoms with E-state index in [-0.39, 0.29) is 6.42 Å². The highest BCUT2D eigenvalue weighted by Crippen LogP contribution is 1.97. The molecule has 3 heteroatoms. The van der Waals surface area contributed by atoms with E-state index in [1.54, 1.807) is 6.20 Å². The summed E-state index contributed by atoms with van der Waals surface area (Å²) in [5.74, 6) is -1.01. The number of carbonyl (C=O) groups excluding carboxylic acids is 1. The minimum absolute atomic E-state index is 0.0824. The standard InChI is InChI=1S/C7H13NO2/c1-4-8(2,3)6-5-7(9)10/h4H,1,5-6H2,2-3H3. The number of carbonyl (C=O) groups is 1. The first-order valence-electron chi connectivity index (χ1n) is 3.14. The fraction of sp³-hybridized carbons (Fsp3) is 0.571. The topological polar surface area (TPSA) is 40.1 Å². The molecule has 0 rings (SSSR count). The Bertz CT molecular complexity index is 141. The molecule has 0 fully saturated rings. The van der Waals surface area contributed by atoms with Crippen molar-refractivity contribution in [1.82, 2.24) is 0 Å². The van der Waals surface area contributed by atoms with Crippen LogP contribution < -0.4 is 5.11 Å². The van der Waals surface area contributed by atoms with Crippen molar-refractivity contribution in [1.29, 1.82) is 0 Å². The van der Waals surface area contributed by atoms with Crippen LogP contribution in [0.4, 0.5) is 0 Å². The highest BCUT2D eigenvalue weighted by Gasteiger charge is 2.08. The van der Waals surface area contributed by atoms with Crippen LogP contribution in [0.3, 0.4) is 0 Å². The van der Waals surface area contributed by atoms with E-state index < -0.39 is 5.97 Å². The van der Waals surface area contributed by atoms with Crippen LogP contribution in [0.25, 0.3) is 0 Å². The lowest BCUT2D eigenvalue weighted by Crippen LogP contribution is -2.37. The Hall–Kier alpha value is -0.830. The molecule has 0 unspecified atom stereocenters. The molecular weight excluding hydrogens is 130 g/mol. The zero-order chi connectivity index (χ0) is 8.20. The highest BCUT2D eigenvalue weighted by atomic mass is 16.4. The summed E-state index contributed by atoms with van der Waals surface area (Å²) >= 11 is 0. The fourth-order valence-corrected chi connectivity index (χ4v) is 0.471. The van der Waals surface area contributed by atoms with Crippen molar-refractivity contribution in [3.8, 4) is 0 Å². The van der Waals surface area contributed by atoms with Crippen LogP contribution in [0.5, 0.6) is 0 Å². The van der Waals surface area contributed by atoms with E-state index in [1.807, 2.05) is 14.1 Å². The van der Waals surface area contributed by atoms with E-state index in [9.17, 15) is 9.90 Å². The quantitative estimate of drug-likeness (QED) is 0.490. The number of quaternary nitrogens is 1. The van der Waals surface area contributed by atoms with Crippen LogP contribution in [0.15, 0.2) is 12.8 Å². The molecule has 0 amide bonds. The van der Waals surface area contributed by atoms with Crippen LogP contribution in [0.1, 0.15) is 6.42 Å². The molecule has 0 saturated carbocycles. The molecule has 0 bridgehead atoms. The van der Waals surface area contributed by atoms with Gasteiger partial charge in [0.15, 0.2) is 0 Å². The lowest BCUT2D eigenvalue weighted by Gasteiger charge is -2.24. The van der Waals surface area contributed by atoms with Crippen LogP contribution in [0.2, 0.25) is 0 Å². The number of hydrogen-bond acceptors (Lipinski definition) is 2. The molecule has 0 aliphatic heterocycles. The molecule has 0 heterocycles. The predicted molar refractivity (Wildman–Crippen MR) is 36.8 cm³/mol. The molecule has 0 aromatic heterocycles. The van der Waals surface area contributed by atoms with E-state index in [4.69, 9.17) is 0 Å². The molecule has 0 N–H and O–H groups in total. The molecule has 0 aliphatic rings. The Kier molecular flexibility index (Phi) is 3.09. The Morgan fingerprint density at radius 3 is 2.50 bits per heavy atom. The second kappa shape index (κ2) is 3.37. The Morgan fingerprint density at radius 1 is 1.70 bits per heavy atom. The van der Waals surface area contributed by atoms with E-state index >= 15 is 0 Å². The maximum absolute atomic E-state index is 10.0. The Labute approximate surface area is 61.2 Å². The van der Waals surface area contributed by atoms with Crippen molar-refractivity contribution in [3.05, 3.63) is 12.8 Å². The summed E-state index contributed by atoms with van der Waals surface area (Å²) in [6.07, 6.45) is 1.78. The molecule has 3 nitrogen and oxygen atoms in total. The number of rotatable bonds is 4. The first-order valence-corrected chi connectivity index (χ1v) is 3.14. The van der Waals surface area contributed by atoms with Crippen molar-refractivity contribution in [2.45, 2.75) is 6.42 Å². The van der Waals surface area contributed by atoms with Gasteiger partial charge in [-0.3, -0.25) is 0 Å². The molecule has 58 valence electrons. The molecule has 0 aliphatic carbocycles. The number of nitrogens with zero attached hydrogens (tertiary/aromatic N) is 1. The van der Waals surface area contributed by atoms with Gasteiger partial charge in [0.25, 0.3) is 0 Å². The summed E-state index contributed by atoms with van der Waals surface area (Å²) in [5, 5.41) is 10.0. The summed E-state index contributed by atoms with van der Waals surface area (Å²) < 4.78 is 0.508. The third-order valence-corrected chi connectivity index (χ3v) is 1.39. The van der Waals surface area contributed by atoms with Gasteiger partial charge in [-0.15, -0.1) is 0 Å². The summed E-state index contributed by atoms with van der Waals surface area (Å²) in [5.41, 5.74) is 0. The summed E-state index contributed by atoms with van der Waals surface area (Å²) in [7, 11) is 3.77. The molecule has 0 aromatic carbocycles. The molecular formula is C7H13NO2. The van der Waals surface area contributed by atoms with E-state index in [1.165, 1.54) is 0 Å². The lowest BCUT2D eigenvalue weighted by molar-refractivity contribution is -0.838. The van der Waals surface area contributed by atoms with Crippen molar-refractivity contribution in [3.63, 3.8) is 0 Å². The average Bonchev–Trinajstić information content (AvgIpc) is 1.85. The van der Waals surface area contributed by atoms with Gasteiger partial charge in [0.1, 0.15) is 0 Å². The molecule has 10 heavy (non-hydrogen) atoms. The van der Waals surface area contributed by atoms with Crippen molar-refractivity contribution in [2.24, 2.45) is 0 Å². The van der Waals surface area contributed by atoms with Crippen LogP contribution in [0, 0.1) is 0 Å². The minimum atomic E-state index is -1.01. The Balaban J connectivity index is 3.67. The van der Waals surface area contributed by atoms with Gasteiger partial charge in [-0.05, 0) is 6.58 Å². The number of hydrogen-bond donors (Lipinski definition) is 0. The van der Waals surface area contributed by atoms with Gasteiger partial charge in [0.2, 0.25) is 0 Å². The van der Waals surface area contributed by atoms with Crippen LogP contribution in [-0.2, 0) is 4.79 Å². The van der Waals surface area contributed by atoms with Gasteiger partial charge in [0, 0.05) is 12.4 Å². The van der Waals surface area contributed by atoms with Gasteiger partial charge in [-0.25, -0.2) is 0 Å². The second-order valence-corrected chi connectivity index (χ2v) is 2.81. The number of carboxylic acid groups (broad SMARTS) is 1. The highest BCUT2D eigenvalue weighted by molar-refractivity contribution is 5.64. The summed E-state index contributed by atoms with van der Waals surface area (Å²) in [6, 6.07) is 0. The van der Waals surface area contributed by atoms with E-state index in [2.05, 4.69) is 6.58 Å². The lowest BCUT2D eigenvalue weighted by atomic mass is 10.4. The SMILES string of the molecule is C=C[N+](C)(C)CCC(=O)[O-]. The third kappa shape index (κ3) is 4.09. The maximum Gasteiger partial charge on any atom is 0.0881 e. The molecule has 0 radical (unpaired) electrons. The first kappa shape index (κ1) is 9.17. The molecule has 0 saturated heterocycles. The minimum Gasteiger partial charge on any atom is -0.550 e. The summed E-state index contributed by atoms with van der Waals surface area (Å²) in [6.45, 7) is 4.10. The van der Waals surface area contributed by atoms with Gasteiger partial charge >= 0.3 is 0 Å². The first-order chi connectivity index (χ1) is 4.48. The normalized spacial score (nSPS) is 11.0. The Morgan fingerprint density at radius 2 is 2.20 bits per heavy atom. The molecule has 0 atom stereocenters.